The lowest BCUT2D eigenvalue weighted by Crippen LogP contribution is -2.48. The Labute approximate surface area is 250 Å². The molecular formula is C28H34BrN3O7S2. The molecule has 1 saturated heterocycles. The van der Waals surface area contributed by atoms with Crippen LogP contribution in [-0.2, 0) is 26.5 Å². The van der Waals surface area contributed by atoms with E-state index in [9.17, 15) is 16.8 Å². The second-order valence-electron chi connectivity index (χ2n) is 9.44. The summed E-state index contributed by atoms with van der Waals surface area (Å²) in [6.07, 6.45) is 0.480. The summed E-state index contributed by atoms with van der Waals surface area (Å²) in [6.45, 7) is 1.52. The Morgan fingerprint density at radius 2 is 1.34 bits per heavy atom. The summed E-state index contributed by atoms with van der Waals surface area (Å²) in [5.41, 5.74) is 1.51. The molecule has 3 aromatic carbocycles. The van der Waals surface area contributed by atoms with Gasteiger partial charge in [0.2, 0.25) is 20.0 Å². The third-order valence-corrected chi connectivity index (χ3v) is 11.3. The molecule has 0 amide bonds. The minimum Gasteiger partial charge on any atom is -0.495 e. The van der Waals surface area contributed by atoms with E-state index >= 15 is 0 Å². The normalized spacial score (nSPS) is 14.7. The van der Waals surface area contributed by atoms with Crippen LogP contribution in [0, 0.1) is 0 Å². The maximum absolute atomic E-state index is 13.5. The lowest BCUT2D eigenvalue weighted by Gasteiger charge is -2.36. The van der Waals surface area contributed by atoms with Crippen molar-refractivity contribution in [1.82, 2.24) is 8.61 Å². The van der Waals surface area contributed by atoms with Crippen molar-refractivity contribution in [3.63, 3.8) is 0 Å². The standard InChI is InChI=1S/C28H34BrN3O7S2/c1-30(14-13-21-5-11-27(38-3)28(19-21)39-4)40(33,34)24-10-12-26(37-2)25(20-24)31-15-17-32(18-16-31)41(35,36)23-8-6-22(29)7-9-23/h5-12,19-20H,13-18H2,1-4H3. The highest BCUT2D eigenvalue weighted by molar-refractivity contribution is 9.10. The molecule has 41 heavy (non-hydrogen) atoms. The van der Waals surface area contributed by atoms with Crippen molar-refractivity contribution in [1.29, 1.82) is 0 Å². The van der Waals surface area contributed by atoms with Gasteiger partial charge in [0, 0.05) is 44.2 Å². The second-order valence-corrected chi connectivity index (χ2v) is 14.3. The van der Waals surface area contributed by atoms with Crippen LogP contribution in [-0.4, -0.2) is 86.5 Å². The number of hydrogen-bond donors (Lipinski definition) is 0. The van der Waals surface area contributed by atoms with E-state index in [-0.39, 0.29) is 29.4 Å². The molecule has 0 aliphatic carbocycles. The van der Waals surface area contributed by atoms with E-state index < -0.39 is 20.0 Å². The summed E-state index contributed by atoms with van der Waals surface area (Å²) < 4.78 is 73.0. The molecular weight excluding hydrogens is 634 g/mol. The zero-order chi connectivity index (χ0) is 29.8. The average Bonchev–Trinajstić information content (AvgIpc) is 2.99. The summed E-state index contributed by atoms with van der Waals surface area (Å²) in [5.74, 6) is 1.70. The Kier molecular flexibility index (Phi) is 9.85. The number of sulfonamides is 2. The van der Waals surface area contributed by atoms with Crippen LogP contribution in [0.5, 0.6) is 17.2 Å². The fourth-order valence-electron chi connectivity index (χ4n) is 4.63. The van der Waals surface area contributed by atoms with E-state index in [4.69, 9.17) is 14.2 Å². The first kappa shape index (κ1) is 31.1. The molecule has 13 heteroatoms. The molecule has 4 rings (SSSR count). The molecule has 0 spiro atoms. The van der Waals surface area contributed by atoms with Crippen LogP contribution in [0.4, 0.5) is 5.69 Å². The molecule has 222 valence electrons. The molecule has 1 aliphatic rings. The fourth-order valence-corrected chi connectivity index (χ4v) is 7.50. The topological polar surface area (TPSA) is 106 Å². The first-order valence-electron chi connectivity index (χ1n) is 12.9. The highest BCUT2D eigenvalue weighted by Gasteiger charge is 2.30. The van der Waals surface area contributed by atoms with E-state index in [1.165, 1.54) is 21.8 Å². The van der Waals surface area contributed by atoms with E-state index in [2.05, 4.69) is 15.9 Å². The number of rotatable bonds is 11. The molecule has 1 aliphatic heterocycles. The average molecular weight is 669 g/mol. The van der Waals surface area contributed by atoms with Crippen molar-refractivity contribution in [2.45, 2.75) is 16.2 Å². The second kappa shape index (κ2) is 13.0. The van der Waals surface area contributed by atoms with Gasteiger partial charge < -0.3 is 19.1 Å². The van der Waals surface area contributed by atoms with Crippen LogP contribution in [0.2, 0.25) is 0 Å². The number of ether oxygens (including phenoxy) is 3. The molecule has 0 radical (unpaired) electrons. The van der Waals surface area contributed by atoms with E-state index in [1.54, 1.807) is 63.7 Å². The molecule has 10 nitrogen and oxygen atoms in total. The van der Waals surface area contributed by atoms with Gasteiger partial charge in [-0.3, -0.25) is 0 Å². The predicted octanol–water partition coefficient (Wildman–Crippen LogP) is 3.85. The Morgan fingerprint density at radius 3 is 1.95 bits per heavy atom. The van der Waals surface area contributed by atoms with Gasteiger partial charge in [-0.1, -0.05) is 22.0 Å². The van der Waals surface area contributed by atoms with E-state index in [1.807, 2.05) is 17.0 Å². The van der Waals surface area contributed by atoms with Crippen molar-refractivity contribution in [2.75, 3.05) is 66.0 Å². The number of anilines is 1. The Balaban J connectivity index is 1.48. The van der Waals surface area contributed by atoms with Crippen molar-refractivity contribution < 1.29 is 31.0 Å². The molecule has 0 saturated carbocycles. The van der Waals surface area contributed by atoms with Crippen molar-refractivity contribution in [2.24, 2.45) is 0 Å². The first-order valence-corrected chi connectivity index (χ1v) is 16.5. The number of likely N-dealkylation sites (N-methyl/N-ethyl adjacent to an activating group) is 1. The van der Waals surface area contributed by atoms with Crippen LogP contribution in [0.3, 0.4) is 0 Å². The summed E-state index contributed by atoms with van der Waals surface area (Å²) >= 11 is 3.33. The number of nitrogens with zero attached hydrogens (tertiary/aromatic N) is 3. The molecule has 0 unspecified atom stereocenters. The summed E-state index contributed by atoms with van der Waals surface area (Å²) in [6, 6.07) is 16.8. The van der Waals surface area contributed by atoms with Gasteiger partial charge in [-0.15, -0.1) is 0 Å². The maximum atomic E-state index is 13.5. The highest BCUT2D eigenvalue weighted by atomic mass is 79.9. The largest absolute Gasteiger partial charge is 0.495 e. The zero-order valence-corrected chi connectivity index (χ0v) is 26.6. The highest BCUT2D eigenvalue weighted by Crippen LogP contribution is 2.33. The molecule has 1 fully saturated rings. The van der Waals surface area contributed by atoms with Gasteiger partial charge in [0.1, 0.15) is 5.75 Å². The fraction of sp³-hybridized carbons (Fsp3) is 0.357. The molecule has 1 heterocycles. The third-order valence-electron chi connectivity index (χ3n) is 7.05. The number of hydrogen-bond acceptors (Lipinski definition) is 8. The number of halogens is 1. The molecule has 0 N–H and O–H groups in total. The number of methoxy groups -OCH3 is 3. The van der Waals surface area contributed by atoms with Gasteiger partial charge in [0.15, 0.2) is 11.5 Å². The van der Waals surface area contributed by atoms with Crippen LogP contribution >= 0.6 is 15.9 Å². The Hall–Kier alpha value is -2.84. The summed E-state index contributed by atoms with van der Waals surface area (Å²) in [4.78, 5) is 2.32. The zero-order valence-electron chi connectivity index (χ0n) is 23.4. The smallest absolute Gasteiger partial charge is 0.243 e. The number of piperazine rings is 1. The van der Waals surface area contributed by atoms with Gasteiger partial charge in [-0.2, -0.15) is 4.31 Å². The first-order chi connectivity index (χ1) is 19.5. The Morgan fingerprint density at radius 1 is 0.756 bits per heavy atom. The molecule has 3 aromatic rings. The van der Waals surface area contributed by atoms with Crippen LogP contribution in [0.1, 0.15) is 5.56 Å². The maximum Gasteiger partial charge on any atom is 0.243 e. The van der Waals surface area contributed by atoms with Gasteiger partial charge in [0.25, 0.3) is 0 Å². The summed E-state index contributed by atoms with van der Waals surface area (Å²) in [5, 5.41) is 0. The van der Waals surface area contributed by atoms with Crippen molar-refractivity contribution >= 4 is 41.7 Å². The predicted molar refractivity (Wildman–Crippen MR) is 161 cm³/mol. The van der Waals surface area contributed by atoms with E-state index in [0.29, 0.717) is 42.4 Å². The summed E-state index contributed by atoms with van der Waals surface area (Å²) in [7, 11) is -1.27. The van der Waals surface area contributed by atoms with Gasteiger partial charge >= 0.3 is 0 Å². The van der Waals surface area contributed by atoms with Crippen molar-refractivity contribution in [3.05, 3.63) is 70.7 Å². The third kappa shape index (κ3) is 6.81. The minimum atomic E-state index is -3.81. The quantitative estimate of drug-likeness (QED) is 0.304. The van der Waals surface area contributed by atoms with Crippen LogP contribution in [0.15, 0.2) is 74.9 Å². The van der Waals surface area contributed by atoms with Crippen LogP contribution in [0.25, 0.3) is 0 Å². The molecule has 0 atom stereocenters. The van der Waals surface area contributed by atoms with Gasteiger partial charge in [-0.05, 0) is 66.6 Å². The van der Waals surface area contributed by atoms with Gasteiger partial charge in [-0.25, -0.2) is 21.1 Å². The SMILES string of the molecule is COc1ccc(CCN(C)S(=O)(=O)c2ccc(OC)c(N3CCN(S(=O)(=O)c4ccc(Br)cc4)CC3)c2)cc1OC. The molecule has 0 bridgehead atoms. The minimum absolute atomic E-state index is 0.132. The Bertz CT molecular complexity index is 1570. The molecule has 0 aromatic heterocycles. The lowest BCUT2D eigenvalue weighted by molar-refractivity contribution is 0.354. The lowest BCUT2D eigenvalue weighted by atomic mass is 10.1. The van der Waals surface area contributed by atoms with Crippen LogP contribution < -0.4 is 19.1 Å². The van der Waals surface area contributed by atoms with E-state index in [0.717, 1.165) is 10.0 Å². The number of benzene rings is 3. The van der Waals surface area contributed by atoms with Crippen molar-refractivity contribution in [3.8, 4) is 17.2 Å². The monoisotopic (exact) mass is 667 g/mol. The van der Waals surface area contributed by atoms with Gasteiger partial charge in [0.05, 0.1) is 36.8 Å².